The molecule has 2 heterocycles. The first-order valence-electron chi connectivity index (χ1n) is 9.53. The first kappa shape index (κ1) is 19.2. The van der Waals surface area contributed by atoms with Crippen molar-refractivity contribution in [3.05, 3.63) is 64.2 Å². The van der Waals surface area contributed by atoms with Crippen molar-refractivity contribution in [2.24, 2.45) is 0 Å². The van der Waals surface area contributed by atoms with Crippen LogP contribution in [0.4, 0.5) is 0 Å². The molecule has 0 spiro atoms. The van der Waals surface area contributed by atoms with Crippen LogP contribution in [0.5, 0.6) is 5.75 Å². The fourth-order valence-electron chi connectivity index (χ4n) is 3.92. The maximum absolute atomic E-state index is 12.8. The molecule has 1 N–H and O–H groups in total. The van der Waals surface area contributed by atoms with Crippen molar-refractivity contribution >= 4 is 17.5 Å². The molecule has 0 radical (unpaired) electrons. The number of methoxy groups -OCH3 is 1. The van der Waals surface area contributed by atoms with E-state index in [4.69, 9.17) is 21.1 Å². The van der Waals surface area contributed by atoms with Gasteiger partial charge in [0.15, 0.2) is 0 Å². The molecule has 2 aromatic rings. The normalized spacial score (nSPS) is 19.2. The number of nitrogens with zero attached hydrogens (tertiary/aromatic N) is 1. The summed E-state index contributed by atoms with van der Waals surface area (Å²) in [6, 6.07) is 13.2. The number of carbonyl (C=O) groups is 1. The minimum atomic E-state index is -0.903. The number of amides is 1. The number of aliphatic hydroxyl groups is 1. The first-order chi connectivity index (χ1) is 13.5. The SMILES string of the molecule is COc1ccc(C2CCN(C(=O)c3ccc(C4(O)COC4)cc3)CC2)cc1Cl. The molecule has 0 atom stereocenters. The summed E-state index contributed by atoms with van der Waals surface area (Å²) in [5.74, 6) is 1.11. The largest absolute Gasteiger partial charge is 0.495 e. The Hall–Kier alpha value is -2.08. The van der Waals surface area contributed by atoms with Crippen molar-refractivity contribution in [2.45, 2.75) is 24.4 Å². The van der Waals surface area contributed by atoms with Crippen molar-refractivity contribution in [1.82, 2.24) is 4.90 Å². The van der Waals surface area contributed by atoms with E-state index in [1.165, 1.54) is 5.56 Å². The van der Waals surface area contributed by atoms with Gasteiger partial charge in [0.2, 0.25) is 0 Å². The Balaban J connectivity index is 1.38. The van der Waals surface area contributed by atoms with Gasteiger partial charge >= 0.3 is 0 Å². The van der Waals surface area contributed by atoms with Crippen LogP contribution in [0.15, 0.2) is 42.5 Å². The quantitative estimate of drug-likeness (QED) is 0.850. The van der Waals surface area contributed by atoms with Crippen molar-refractivity contribution in [1.29, 1.82) is 0 Å². The molecule has 2 aliphatic heterocycles. The summed E-state index contributed by atoms with van der Waals surface area (Å²) in [4.78, 5) is 14.7. The Morgan fingerprint density at radius 1 is 1.18 bits per heavy atom. The van der Waals surface area contributed by atoms with E-state index in [0.29, 0.717) is 48.6 Å². The zero-order chi connectivity index (χ0) is 19.7. The summed E-state index contributed by atoms with van der Waals surface area (Å²) in [5.41, 5.74) is 1.74. The van der Waals surface area contributed by atoms with E-state index in [0.717, 1.165) is 18.4 Å². The van der Waals surface area contributed by atoms with Crippen LogP contribution in [-0.4, -0.2) is 49.3 Å². The number of hydrogen-bond donors (Lipinski definition) is 1. The molecule has 2 aromatic carbocycles. The van der Waals surface area contributed by atoms with E-state index in [9.17, 15) is 9.90 Å². The maximum atomic E-state index is 12.8. The van der Waals surface area contributed by atoms with E-state index in [-0.39, 0.29) is 5.91 Å². The van der Waals surface area contributed by atoms with Gasteiger partial charge in [-0.05, 0) is 54.2 Å². The van der Waals surface area contributed by atoms with Crippen LogP contribution in [0, 0.1) is 0 Å². The molecular weight excluding hydrogens is 378 g/mol. The summed E-state index contributed by atoms with van der Waals surface area (Å²) >= 11 is 6.25. The summed E-state index contributed by atoms with van der Waals surface area (Å²) in [6.07, 6.45) is 1.81. The zero-order valence-electron chi connectivity index (χ0n) is 15.9. The Morgan fingerprint density at radius 3 is 2.39 bits per heavy atom. The van der Waals surface area contributed by atoms with Crippen molar-refractivity contribution < 1.29 is 19.4 Å². The van der Waals surface area contributed by atoms with Crippen LogP contribution in [0.25, 0.3) is 0 Å². The van der Waals surface area contributed by atoms with Gasteiger partial charge in [-0.25, -0.2) is 0 Å². The van der Waals surface area contributed by atoms with E-state index < -0.39 is 5.60 Å². The van der Waals surface area contributed by atoms with Gasteiger partial charge in [0.25, 0.3) is 5.91 Å². The molecule has 2 saturated heterocycles. The summed E-state index contributed by atoms with van der Waals surface area (Å²) in [5, 5.41) is 10.9. The Kier molecular flexibility index (Phi) is 5.32. The minimum absolute atomic E-state index is 0.0367. The van der Waals surface area contributed by atoms with Gasteiger partial charge in [-0.1, -0.05) is 29.8 Å². The van der Waals surface area contributed by atoms with Crippen LogP contribution < -0.4 is 4.74 Å². The molecule has 2 aliphatic rings. The molecule has 0 aromatic heterocycles. The molecule has 0 aliphatic carbocycles. The van der Waals surface area contributed by atoms with Gasteiger partial charge in [-0.3, -0.25) is 4.79 Å². The van der Waals surface area contributed by atoms with Crippen LogP contribution >= 0.6 is 11.6 Å². The number of hydrogen-bond acceptors (Lipinski definition) is 4. The van der Waals surface area contributed by atoms with Gasteiger partial charge in [0.05, 0.1) is 25.3 Å². The number of ether oxygens (including phenoxy) is 2. The lowest BCUT2D eigenvalue weighted by molar-refractivity contribution is -0.184. The molecule has 4 rings (SSSR count). The smallest absolute Gasteiger partial charge is 0.253 e. The summed E-state index contributed by atoms with van der Waals surface area (Å²) in [7, 11) is 1.61. The first-order valence-corrected chi connectivity index (χ1v) is 9.91. The fraction of sp³-hybridized carbons (Fsp3) is 0.409. The summed E-state index contributed by atoms with van der Waals surface area (Å²) in [6.45, 7) is 2.05. The van der Waals surface area contributed by atoms with Crippen LogP contribution in [-0.2, 0) is 10.3 Å². The highest BCUT2D eigenvalue weighted by molar-refractivity contribution is 6.32. The van der Waals surface area contributed by atoms with Crippen LogP contribution in [0.3, 0.4) is 0 Å². The predicted molar refractivity (Wildman–Crippen MR) is 107 cm³/mol. The topological polar surface area (TPSA) is 59.0 Å². The lowest BCUT2D eigenvalue weighted by atomic mass is 9.89. The monoisotopic (exact) mass is 401 g/mol. The third kappa shape index (κ3) is 3.62. The van der Waals surface area contributed by atoms with Crippen molar-refractivity contribution in [3.8, 4) is 5.75 Å². The Bertz CT molecular complexity index is 855. The average Bonchev–Trinajstić information content (AvgIpc) is 2.71. The second-order valence-electron chi connectivity index (χ2n) is 7.56. The molecule has 2 fully saturated rings. The molecule has 0 bridgehead atoms. The molecule has 0 saturated carbocycles. The van der Waals surface area contributed by atoms with E-state index in [1.54, 1.807) is 19.2 Å². The summed E-state index contributed by atoms with van der Waals surface area (Å²) < 4.78 is 10.3. The lowest BCUT2D eigenvalue weighted by Gasteiger charge is -2.37. The Labute approximate surface area is 169 Å². The third-order valence-electron chi connectivity index (χ3n) is 5.78. The van der Waals surface area contributed by atoms with Crippen molar-refractivity contribution in [2.75, 3.05) is 33.4 Å². The predicted octanol–water partition coefficient (Wildman–Crippen LogP) is 3.59. The third-order valence-corrected chi connectivity index (χ3v) is 6.08. The molecular formula is C22H24ClNO4. The highest BCUT2D eigenvalue weighted by Crippen LogP contribution is 2.34. The van der Waals surface area contributed by atoms with Crippen molar-refractivity contribution in [3.63, 3.8) is 0 Å². The lowest BCUT2D eigenvalue weighted by Crippen LogP contribution is -2.46. The van der Waals surface area contributed by atoms with Crippen LogP contribution in [0.2, 0.25) is 5.02 Å². The fourth-order valence-corrected chi connectivity index (χ4v) is 4.19. The van der Waals surface area contributed by atoms with Gasteiger partial charge < -0.3 is 19.5 Å². The molecule has 0 unspecified atom stereocenters. The van der Waals surface area contributed by atoms with Gasteiger partial charge in [0.1, 0.15) is 11.4 Å². The van der Waals surface area contributed by atoms with Gasteiger partial charge in [0, 0.05) is 18.7 Å². The number of carbonyl (C=O) groups excluding carboxylic acids is 1. The molecule has 5 nitrogen and oxygen atoms in total. The highest BCUT2D eigenvalue weighted by Gasteiger charge is 2.38. The number of halogens is 1. The van der Waals surface area contributed by atoms with E-state index in [2.05, 4.69) is 6.07 Å². The van der Waals surface area contributed by atoms with E-state index in [1.807, 2.05) is 29.2 Å². The molecule has 28 heavy (non-hydrogen) atoms. The zero-order valence-corrected chi connectivity index (χ0v) is 16.6. The standard InChI is InChI=1S/C22H24ClNO4/c1-27-20-7-4-17(12-19(20)23)15-8-10-24(11-9-15)21(25)16-2-5-18(6-3-16)22(26)13-28-14-22/h2-7,12,15,26H,8-11,13-14H2,1H3. The minimum Gasteiger partial charge on any atom is -0.495 e. The molecule has 6 heteroatoms. The van der Waals surface area contributed by atoms with Gasteiger partial charge in [-0.15, -0.1) is 0 Å². The molecule has 148 valence electrons. The maximum Gasteiger partial charge on any atom is 0.253 e. The average molecular weight is 402 g/mol. The molecule has 1 amide bonds. The number of piperidine rings is 1. The van der Waals surface area contributed by atoms with E-state index >= 15 is 0 Å². The van der Waals surface area contributed by atoms with Gasteiger partial charge in [-0.2, -0.15) is 0 Å². The van der Waals surface area contributed by atoms with Crippen LogP contribution in [0.1, 0.15) is 40.2 Å². The second-order valence-corrected chi connectivity index (χ2v) is 7.97. The highest BCUT2D eigenvalue weighted by atomic mass is 35.5. The number of likely N-dealkylation sites (tertiary alicyclic amines) is 1. The number of rotatable bonds is 4. The Morgan fingerprint density at radius 2 is 1.86 bits per heavy atom. The number of benzene rings is 2. The second kappa shape index (κ2) is 7.74.